The van der Waals surface area contributed by atoms with Crippen LogP contribution in [0.1, 0.15) is 24.8 Å². The number of hydrogen-bond acceptors (Lipinski definition) is 3. The third-order valence-electron chi connectivity index (χ3n) is 2.30. The van der Waals surface area contributed by atoms with E-state index in [1.165, 1.54) is 17.3 Å². The zero-order valence-corrected chi connectivity index (χ0v) is 10.8. The fourth-order valence-electron chi connectivity index (χ4n) is 1.43. The monoisotopic (exact) mass is 252 g/mol. The lowest BCUT2D eigenvalue weighted by Gasteiger charge is -2.04. The van der Waals surface area contributed by atoms with Gasteiger partial charge in [0.1, 0.15) is 0 Å². The molecule has 0 saturated carbocycles. The average molecular weight is 252 g/mol. The summed E-state index contributed by atoms with van der Waals surface area (Å²) < 4.78 is 5.57. The predicted octanol–water partition coefficient (Wildman–Crippen LogP) is 3.00. The van der Waals surface area contributed by atoms with Crippen LogP contribution >= 0.6 is 11.8 Å². The summed E-state index contributed by atoms with van der Waals surface area (Å²) in [6.45, 7) is 1.50. The van der Waals surface area contributed by atoms with Crippen molar-refractivity contribution in [1.29, 1.82) is 5.41 Å². The van der Waals surface area contributed by atoms with Crippen LogP contribution in [-0.4, -0.2) is 17.5 Å². The lowest BCUT2D eigenvalue weighted by atomic mass is 10.2. The molecule has 0 aliphatic carbocycles. The lowest BCUT2D eigenvalue weighted by Crippen LogP contribution is -2.04. The van der Waals surface area contributed by atoms with E-state index in [4.69, 9.17) is 15.9 Å². The summed E-state index contributed by atoms with van der Waals surface area (Å²) in [4.78, 5) is 0. The third kappa shape index (κ3) is 7.82. The highest BCUT2D eigenvalue weighted by Crippen LogP contribution is 2.06. The fourth-order valence-corrected chi connectivity index (χ4v) is 2.00. The second-order valence-electron chi connectivity index (χ2n) is 3.81. The maximum Gasteiger partial charge on any atom is 0.151 e. The third-order valence-corrected chi connectivity index (χ3v) is 3.11. The average Bonchev–Trinajstić information content (AvgIpc) is 2.33. The van der Waals surface area contributed by atoms with Gasteiger partial charge in [-0.15, -0.1) is 0 Å². The molecule has 17 heavy (non-hydrogen) atoms. The van der Waals surface area contributed by atoms with Crippen molar-refractivity contribution in [2.24, 2.45) is 5.73 Å². The van der Waals surface area contributed by atoms with Crippen molar-refractivity contribution in [1.82, 2.24) is 0 Å². The number of ether oxygens (including phenoxy) is 1. The standard InChI is InChI=1S/C13H20N2OS/c14-13(15)17-10-6-2-5-9-16-11-12-7-3-1-4-8-12/h1,3-4,7-8H,2,5-6,9-11H2,(H3,14,15). The largest absolute Gasteiger partial charge is 0.379 e. The molecule has 3 nitrogen and oxygen atoms in total. The number of thioether (sulfide) groups is 1. The van der Waals surface area contributed by atoms with E-state index >= 15 is 0 Å². The van der Waals surface area contributed by atoms with Gasteiger partial charge in [0.2, 0.25) is 0 Å². The number of amidine groups is 1. The lowest BCUT2D eigenvalue weighted by molar-refractivity contribution is 0.117. The van der Waals surface area contributed by atoms with E-state index in [0.717, 1.165) is 31.6 Å². The molecule has 0 saturated heterocycles. The van der Waals surface area contributed by atoms with Gasteiger partial charge in [0.25, 0.3) is 0 Å². The number of benzene rings is 1. The molecule has 0 aromatic heterocycles. The molecular weight excluding hydrogens is 232 g/mol. The van der Waals surface area contributed by atoms with Crippen LogP contribution in [0.2, 0.25) is 0 Å². The zero-order chi connectivity index (χ0) is 12.3. The van der Waals surface area contributed by atoms with Crippen LogP contribution in [-0.2, 0) is 11.3 Å². The van der Waals surface area contributed by atoms with Gasteiger partial charge in [-0.3, -0.25) is 5.41 Å². The molecule has 0 atom stereocenters. The fraction of sp³-hybridized carbons (Fsp3) is 0.462. The molecule has 0 spiro atoms. The Morgan fingerprint density at radius 1 is 1.18 bits per heavy atom. The van der Waals surface area contributed by atoms with Crippen molar-refractivity contribution in [3.63, 3.8) is 0 Å². The molecule has 0 bridgehead atoms. The Hall–Kier alpha value is -1.00. The molecular formula is C13H20N2OS. The number of rotatable bonds is 8. The Labute approximate surface area is 107 Å². The maximum atomic E-state index is 7.05. The molecule has 1 rings (SSSR count). The predicted molar refractivity (Wildman–Crippen MR) is 74.3 cm³/mol. The molecule has 1 aromatic carbocycles. The number of nitrogens with two attached hydrogens (primary N) is 1. The molecule has 4 heteroatoms. The van der Waals surface area contributed by atoms with Crippen LogP contribution in [0.5, 0.6) is 0 Å². The summed E-state index contributed by atoms with van der Waals surface area (Å²) in [5, 5.41) is 7.27. The van der Waals surface area contributed by atoms with Crippen molar-refractivity contribution < 1.29 is 4.74 Å². The smallest absolute Gasteiger partial charge is 0.151 e. The first-order valence-electron chi connectivity index (χ1n) is 5.87. The highest BCUT2D eigenvalue weighted by atomic mass is 32.2. The second-order valence-corrected chi connectivity index (χ2v) is 4.95. The Kier molecular flexibility index (Phi) is 7.51. The van der Waals surface area contributed by atoms with Crippen molar-refractivity contribution >= 4 is 16.9 Å². The maximum absolute atomic E-state index is 7.05. The number of hydrogen-bond donors (Lipinski definition) is 2. The zero-order valence-electron chi connectivity index (χ0n) is 10.0. The number of unbranched alkanes of at least 4 members (excludes halogenated alkanes) is 2. The van der Waals surface area contributed by atoms with Gasteiger partial charge in [0, 0.05) is 12.4 Å². The molecule has 0 fully saturated rings. The molecule has 3 N–H and O–H groups in total. The topological polar surface area (TPSA) is 59.1 Å². The van der Waals surface area contributed by atoms with E-state index in [9.17, 15) is 0 Å². The Balaban J connectivity index is 1.90. The summed E-state index contributed by atoms with van der Waals surface area (Å²) in [6.07, 6.45) is 3.30. The molecule has 0 heterocycles. The van der Waals surface area contributed by atoms with E-state index in [-0.39, 0.29) is 5.17 Å². The van der Waals surface area contributed by atoms with E-state index < -0.39 is 0 Å². The van der Waals surface area contributed by atoms with Crippen molar-refractivity contribution in [2.45, 2.75) is 25.9 Å². The van der Waals surface area contributed by atoms with Crippen LogP contribution in [0.15, 0.2) is 30.3 Å². The van der Waals surface area contributed by atoms with Crippen LogP contribution in [0.25, 0.3) is 0 Å². The first-order valence-corrected chi connectivity index (χ1v) is 6.86. The van der Waals surface area contributed by atoms with Gasteiger partial charge in [-0.25, -0.2) is 0 Å². The van der Waals surface area contributed by atoms with Crippen molar-refractivity contribution in [3.8, 4) is 0 Å². The summed E-state index contributed by atoms with van der Waals surface area (Å²) in [5.74, 6) is 0.939. The summed E-state index contributed by atoms with van der Waals surface area (Å²) in [6, 6.07) is 10.2. The highest BCUT2D eigenvalue weighted by molar-refractivity contribution is 8.13. The van der Waals surface area contributed by atoms with Gasteiger partial charge >= 0.3 is 0 Å². The molecule has 0 aliphatic heterocycles. The Morgan fingerprint density at radius 2 is 1.94 bits per heavy atom. The summed E-state index contributed by atoms with van der Waals surface area (Å²) >= 11 is 1.41. The highest BCUT2D eigenvalue weighted by Gasteiger charge is 1.94. The van der Waals surface area contributed by atoms with Crippen LogP contribution in [0.3, 0.4) is 0 Å². The van der Waals surface area contributed by atoms with Gasteiger partial charge in [-0.2, -0.15) is 0 Å². The first-order chi connectivity index (χ1) is 8.29. The number of nitrogens with one attached hydrogen (secondary N) is 1. The van der Waals surface area contributed by atoms with Gasteiger partial charge in [0.05, 0.1) is 6.61 Å². The van der Waals surface area contributed by atoms with Gasteiger partial charge in [-0.05, 0) is 18.4 Å². The van der Waals surface area contributed by atoms with Gasteiger partial charge in [0.15, 0.2) is 5.17 Å². The second kappa shape index (κ2) is 9.07. The van der Waals surface area contributed by atoms with Gasteiger partial charge < -0.3 is 10.5 Å². The normalized spacial score (nSPS) is 10.4. The van der Waals surface area contributed by atoms with Crippen molar-refractivity contribution in [2.75, 3.05) is 12.4 Å². The van der Waals surface area contributed by atoms with Crippen molar-refractivity contribution in [3.05, 3.63) is 35.9 Å². The quantitative estimate of drug-likeness (QED) is 0.425. The Morgan fingerprint density at radius 3 is 2.65 bits per heavy atom. The van der Waals surface area contributed by atoms with Crippen LogP contribution < -0.4 is 5.73 Å². The minimum Gasteiger partial charge on any atom is -0.379 e. The molecule has 0 aliphatic rings. The minimum atomic E-state index is 0.213. The molecule has 1 aromatic rings. The molecule has 0 unspecified atom stereocenters. The van der Waals surface area contributed by atoms with E-state index in [0.29, 0.717) is 6.61 Å². The van der Waals surface area contributed by atoms with E-state index in [1.54, 1.807) is 0 Å². The van der Waals surface area contributed by atoms with E-state index in [1.807, 2.05) is 18.2 Å². The molecule has 0 radical (unpaired) electrons. The van der Waals surface area contributed by atoms with Crippen LogP contribution in [0.4, 0.5) is 0 Å². The van der Waals surface area contributed by atoms with Crippen LogP contribution in [0, 0.1) is 5.41 Å². The minimum absolute atomic E-state index is 0.213. The van der Waals surface area contributed by atoms with E-state index in [2.05, 4.69) is 12.1 Å². The summed E-state index contributed by atoms with van der Waals surface area (Å²) in [5.41, 5.74) is 6.46. The van der Waals surface area contributed by atoms with Gasteiger partial charge in [-0.1, -0.05) is 48.5 Å². The SMILES string of the molecule is N=C(N)SCCCCCOCc1ccccc1. The molecule has 94 valence electrons. The Bertz CT molecular complexity index is 316. The first kappa shape index (κ1) is 14.1. The molecule has 0 amide bonds. The summed E-state index contributed by atoms with van der Waals surface area (Å²) in [7, 11) is 0.